The molecule has 2 bridgehead atoms. The zero-order valence-corrected chi connectivity index (χ0v) is 19.6. The molecule has 6 heteroatoms. The van der Waals surface area contributed by atoms with Gasteiger partial charge in [-0.2, -0.15) is 0 Å². The molecule has 5 atom stereocenters. The van der Waals surface area contributed by atoms with Crippen molar-refractivity contribution in [2.75, 3.05) is 5.32 Å². The van der Waals surface area contributed by atoms with E-state index in [0.717, 1.165) is 27.6 Å². The number of aryl methyl sites for hydroxylation is 2. The summed E-state index contributed by atoms with van der Waals surface area (Å²) < 4.78 is 0.967. The van der Waals surface area contributed by atoms with Crippen LogP contribution in [0.15, 0.2) is 59.1 Å². The smallest absolute Gasteiger partial charge is 0.248 e. The fourth-order valence-electron chi connectivity index (χ4n) is 5.50. The van der Waals surface area contributed by atoms with Crippen LogP contribution in [0.4, 0.5) is 5.69 Å². The van der Waals surface area contributed by atoms with Gasteiger partial charge in [0, 0.05) is 16.6 Å². The van der Waals surface area contributed by atoms with Crippen molar-refractivity contribution in [1.29, 1.82) is 0 Å². The number of amides is 3. The summed E-state index contributed by atoms with van der Waals surface area (Å²) in [5.74, 6) is -1.14. The van der Waals surface area contributed by atoms with Crippen molar-refractivity contribution in [3.05, 3.63) is 75.8 Å². The van der Waals surface area contributed by atoms with E-state index in [-0.39, 0.29) is 41.4 Å². The van der Waals surface area contributed by atoms with Crippen LogP contribution in [-0.2, 0) is 20.8 Å². The third kappa shape index (κ3) is 3.41. The van der Waals surface area contributed by atoms with E-state index in [4.69, 9.17) is 0 Å². The Morgan fingerprint density at radius 3 is 2.28 bits per heavy atom. The summed E-state index contributed by atoms with van der Waals surface area (Å²) in [5, 5.41) is 3.00. The van der Waals surface area contributed by atoms with Crippen LogP contribution in [0.1, 0.15) is 23.1 Å². The maximum Gasteiger partial charge on any atom is 0.248 e. The topological polar surface area (TPSA) is 66.5 Å². The van der Waals surface area contributed by atoms with Gasteiger partial charge in [-0.3, -0.25) is 19.3 Å². The summed E-state index contributed by atoms with van der Waals surface area (Å²) in [5.41, 5.74) is 3.51. The van der Waals surface area contributed by atoms with Crippen LogP contribution in [0.3, 0.4) is 0 Å². The lowest BCUT2D eigenvalue weighted by atomic mass is 9.85. The molecule has 2 aromatic carbocycles. The Bertz CT molecular complexity index is 1110. The highest BCUT2D eigenvalue weighted by Gasteiger charge is 2.61. The van der Waals surface area contributed by atoms with Crippen molar-refractivity contribution >= 4 is 39.3 Å². The average Bonchev–Trinajstić information content (AvgIpc) is 3.45. The van der Waals surface area contributed by atoms with Crippen molar-refractivity contribution < 1.29 is 14.4 Å². The molecule has 1 N–H and O–H groups in total. The molecular weight excluding hydrogens is 468 g/mol. The van der Waals surface area contributed by atoms with Gasteiger partial charge in [0.25, 0.3) is 0 Å². The van der Waals surface area contributed by atoms with E-state index < -0.39 is 6.04 Å². The number of benzene rings is 2. The molecule has 2 aliphatic carbocycles. The highest BCUT2D eigenvalue weighted by Crippen LogP contribution is 2.53. The van der Waals surface area contributed by atoms with Crippen LogP contribution in [0.25, 0.3) is 0 Å². The Morgan fingerprint density at radius 2 is 1.66 bits per heavy atom. The molecule has 1 saturated carbocycles. The fraction of sp³-hybridized carbons (Fsp3) is 0.346. The maximum absolute atomic E-state index is 13.6. The Balaban J connectivity index is 1.47. The zero-order chi connectivity index (χ0) is 22.6. The largest absolute Gasteiger partial charge is 0.324 e. The zero-order valence-electron chi connectivity index (χ0n) is 18.0. The van der Waals surface area contributed by atoms with Crippen LogP contribution in [0.5, 0.6) is 0 Å². The molecule has 0 radical (unpaired) electrons. The van der Waals surface area contributed by atoms with Crippen LogP contribution in [0, 0.1) is 37.5 Å². The summed E-state index contributed by atoms with van der Waals surface area (Å²) in [4.78, 5) is 41.7. The number of halogens is 1. The normalized spacial score (nSPS) is 26.5. The van der Waals surface area contributed by atoms with Gasteiger partial charge in [0.15, 0.2) is 0 Å². The standard InChI is InChI=1S/C26H25BrN2O3/c1-14-11-20(15(2)10-19(14)27)28-24(30)21(12-16-6-4-3-5-7-16)29-25(31)22-17-8-9-18(13-17)23(22)26(29)32/h3-11,17-18,21-23H,12-13H2,1-2H3,(H,28,30)/t17-,18+,21-,22-,23+/m1/s1. The van der Waals surface area contributed by atoms with Crippen molar-refractivity contribution in [2.45, 2.75) is 32.7 Å². The van der Waals surface area contributed by atoms with Crippen LogP contribution >= 0.6 is 15.9 Å². The summed E-state index contributed by atoms with van der Waals surface area (Å²) in [6, 6.07) is 12.5. The quantitative estimate of drug-likeness (QED) is 0.496. The van der Waals surface area contributed by atoms with Gasteiger partial charge in [-0.15, -0.1) is 0 Å². The van der Waals surface area contributed by atoms with Crippen molar-refractivity contribution in [3.63, 3.8) is 0 Å². The minimum absolute atomic E-state index is 0.114. The van der Waals surface area contributed by atoms with Crippen molar-refractivity contribution in [3.8, 4) is 0 Å². The van der Waals surface area contributed by atoms with Crippen molar-refractivity contribution in [1.82, 2.24) is 4.90 Å². The molecule has 1 aliphatic heterocycles. The van der Waals surface area contributed by atoms with Gasteiger partial charge in [0.1, 0.15) is 6.04 Å². The molecule has 0 unspecified atom stereocenters. The molecule has 2 fully saturated rings. The van der Waals surface area contributed by atoms with Gasteiger partial charge < -0.3 is 5.32 Å². The van der Waals surface area contributed by atoms with Gasteiger partial charge in [-0.25, -0.2) is 0 Å². The summed E-state index contributed by atoms with van der Waals surface area (Å²) in [6.07, 6.45) is 5.30. The molecule has 0 spiro atoms. The summed E-state index contributed by atoms with van der Waals surface area (Å²) in [7, 11) is 0. The lowest BCUT2D eigenvalue weighted by Crippen LogP contribution is -2.49. The maximum atomic E-state index is 13.6. The average molecular weight is 493 g/mol. The first kappa shape index (κ1) is 21.1. The van der Waals surface area contributed by atoms with Crippen LogP contribution in [-0.4, -0.2) is 28.7 Å². The molecule has 5 rings (SSSR count). The number of anilines is 1. The predicted molar refractivity (Wildman–Crippen MR) is 126 cm³/mol. The molecule has 164 valence electrons. The van der Waals surface area contributed by atoms with Gasteiger partial charge >= 0.3 is 0 Å². The van der Waals surface area contributed by atoms with Gasteiger partial charge in [0.05, 0.1) is 11.8 Å². The number of hydrogen-bond donors (Lipinski definition) is 1. The SMILES string of the molecule is Cc1cc(NC(=O)[C@@H](Cc2ccccc2)N2C(=O)[C@@H]3[C@H](C2=O)[C@@H]2C=C[C@H]3C2)c(C)cc1Br. The molecule has 32 heavy (non-hydrogen) atoms. The van der Waals surface area contributed by atoms with Crippen molar-refractivity contribution in [2.24, 2.45) is 23.7 Å². The molecule has 3 aliphatic rings. The molecule has 5 nitrogen and oxygen atoms in total. The molecular formula is C26H25BrN2O3. The molecule has 1 saturated heterocycles. The number of nitrogens with zero attached hydrogens (tertiary/aromatic N) is 1. The number of allylic oxidation sites excluding steroid dienone is 2. The Hall–Kier alpha value is -2.73. The third-order valence-corrected chi connectivity index (χ3v) is 8.01. The number of imide groups is 1. The second-order valence-corrected chi connectivity index (χ2v) is 10.0. The van der Waals surface area contributed by atoms with E-state index in [1.807, 2.05) is 56.3 Å². The second-order valence-electron chi connectivity index (χ2n) is 9.16. The van der Waals surface area contributed by atoms with Gasteiger partial charge in [0.2, 0.25) is 17.7 Å². The molecule has 2 aromatic rings. The second kappa shape index (κ2) is 8.00. The number of fused-ring (bicyclic) bond motifs is 5. The predicted octanol–water partition coefficient (Wildman–Crippen LogP) is 4.42. The minimum atomic E-state index is -0.884. The van der Waals surface area contributed by atoms with Gasteiger partial charge in [-0.05, 0) is 60.9 Å². The lowest BCUT2D eigenvalue weighted by molar-refractivity contribution is -0.147. The highest BCUT2D eigenvalue weighted by molar-refractivity contribution is 9.10. The first-order chi connectivity index (χ1) is 15.3. The number of carbonyl (C=O) groups excluding carboxylic acids is 3. The highest BCUT2D eigenvalue weighted by atomic mass is 79.9. The van der Waals surface area contributed by atoms with Crippen LogP contribution < -0.4 is 5.32 Å². The Morgan fingerprint density at radius 1 is 1.03 bits per heavy atom. The van der Waals surface area contributed by atoms with E-state index in [9.17, 15) is 14.4 Å². The third-order valence-electron chi connectivity index (χ3n) is 7.15. The van der Waals surface area contributed by atoms with E-state index in [1.54, 1.807) is 0 Å². The van der Waals surface area contributed by atoms with E-state index in [0.29, 0.717) is 12.1 Å². The summed E-state index contributed by atoms with van der Waals surface area (Å²) in [6.45, 7) is 3.88. The molecule has 1 heterocycles. The Kier molecular flexibility index (Phi) is 5.28. The first-order valence-electron chi connectivity index (χ1n) is 11.0. The van der Waals surface area contributed by atoms with E-state index >= 15 is 0 Å². The lowest BCUT2D eigenvalue weighted by Gasteiger charge is -2.27. The van der Waals surface area contributed by atoms with Gasteiger partial charge in [-0.1, -0.05) is 58.4 Å². The number of likely N-dealkylation sites (tertiary alicyclic amines) is 1. The first-order valence-corrected chi connectivity index (χ1v) is 11.8. The number of nitrogens with one attached hydrogen (secondary N) is 1. The summed E-state index contributed by atoms with van der Waals surface area (Å²) >= 11 is 3.52. The molecule has 3 amide bonds. The molecule has 0 aromatic heterocycles. The fourth-order valence-corrected chi connectivity index (χ4v) is 5.96. The van der Waals surface area contributed by atoms with E-state index in [1.165, 1.54) is 4.90 Å². The number of rotatable bonds is 5. The minimum Gasteiger partial charge on any atom is -0.324 e. The number of hydrogen-bond acceptors (Lipinski definition) is 3. The Labute approximate surface area is 196 Å². The number of carbonyl (C=O) groups is 3. The monoisotopic (exact) mass is 492 g/mol. The van der Waals surface area contributed by atoms with Crippen LogP contribution in [0.2, 0.25) is 0 Å². The van der Waals surface area contributed by atoms with E-state index in [2.05, 4.69) is 33.4 Å².